The fourth-order valence-corrected chi connectivity index (χ4v) is 12.9. The van der Waals surface area contributed by atoms with Crippen LogP contribution < -0.4 is 0 Å². The average Bonchev–Trinajstić information content (AvgIpc) is 3.30. The molecule has 2 rings (SSSR count). The Kier molecular flexibility index (Phi) is 16.9. The molecule has 1 saturated carbocycles. The van der Waals surface area contributed by atoms with Crippen LogP contribution in [0.5, 0.6) is 0 Å². The van der Waals surface area contributed by atoms with E-state index in [-0.39, 0.29) is 30.7 Å². The summed E-state index contributed by atoms with van der Waals surface area (Å²) in [4.78, 5) is 10.9. The number of aryl methyl sites for hydroxylation is 1. The summed E-state index contributed by atoms with van der Waals surface area (Å²) in [5.74, 6) is -0.261. The molecule has 1 aliphatic rings. The Morgan fingerprint density at radius 1 is 0.905 bits per heavy atom. The Morgan fingerprint density at radius 3 is 2.10 bits per heavy atom. The number of allylic oxidation sites excluding steroid dienone is 2. The lowest BCUT2D eigenvalue weighted by atomic mass is 9.85. The normalized spacial score (nSPS) is 22.2. The maximum absolute atomic E-state index is 11.3. The number of aliphatic hydroxyl groups is 1. The number of hydrogen-bond donors (Lipinski definition) is 2. The van der Waals surface area contributed by atoms with E-state index in [0.29, 0.717) is 12.3 Å². The fourth-order valence-electron chi connectivity index (χ4n) is 7.05. The summed E-state index contributed by atoms with van der Waals surface area (Å²) < 4.78 is 14.3. The quantitative estimate of drug-likeness (QED) is 0.0769. The maximum atomic E-state index is 11.3. The highest BCUT2D eigenvalue weighted by atomic mass is 28.4. The molecule has 0 unspecified atom stereocenters. The summed E-state index contributed by atoms with van der Waals surface area (Å²) in [6.07, 6.45) is 11.5. The van der Waals surface area contributed by atoms with Gasteiger partial charge in [0.15, 0.2) is 16.6 Å². The molecule has 1 aromatic carbocycles. The van der Waals surface area contributed by atoms with Gasteiger partial charge in [-0.05, 0) is 105 Å². The number of aliphatic carboxylic acids is 1. The summed E-state index contributed by atoms with van der Waals surface area (Å²) in [5, 5.41) is 20.3. The van der Waals surface area contributed by atoms with E-state index in [0.717, 1.165) is 81.2 Å². The van der Waals surface area contributed by atoms with Gasteiger partial charge in [-0.3, -0.25) is 4.79 Å². The van der Waals surface area contributed by atoms with E-state index in [2.05, 4.69) is 84.0 Å². The smallest absolute Gasteiger partial charge is 0.303 e. The van der Waals surface area contributed by atoms with Gasteiger partial charge in [-0.15, -0.1) is 0 Å². The zero-order valence-corrected chi connectivity index (χ0v) is 29.7. The molecule has 240 valence electrons. The van der Waals surface area contributed by atoms with E-state index < -0.39 is 22.6 Å². The molecule has 0 saturated heterocycles. The van der Waals surface area contributed by atoms with Crippen LogP contribution in [0.25, 0.3) is 0 Å². The number of unbranched alkanes of at least 4 members (excludes halogenated alkanes) is 1. The van der Waals surface area contributed by atoms with Crippen LogP contribution in [0.3, 0.4) is 0 Å². The third kappa shape index (κ3) is 11.3. The van der Waals surface area contributed by atoms with E-state index in [1.165, 1.54) is 5.56 Å². The van der Waals surface area contributed by atoms with Crippen LogP contribution >= 0.6 is 0 Å². The van der Waals surface area contributed by atoms with Gasteiger partial charge in [0.1, 0.15) is 0 Å². The van der Waals surface area contributed by atoms with E-state index in [1.54, 1.807) is 0 Å². The first-order valence-corrected chi connectivity index (χ1v) is 22.2. The highest BCUT2D eigenvalue weighted by molar-refractivity contribution is 6.74. The van der Waals surface area contributed by atoms with Crippen molar-refractivity contribution in [1.82, 2.24) is 0 Å². The highest BCUT2D eigenvalue weighted by Gasteiger charge is 2.46. The molecule has 0 radical (unpaired) electrons. The third-order valence-electron chi connectivity index (χ3n) is 10.4. The number of benzene rings is 1. The van der Waals surface area contributed by atoms with E-state index in [1.807, 2.05) is 0 Å². The van der Waals surface area contributed by atoms with Gasteiger partial charge in [0.05, 0.1) is 12.2 Å². The number of hydrogen-bond acceptors (Lipinski definition) is 4. The minimum atomic E-state index is -1.82. The van der Waals surface area contributed by atoms with E-state index >= 15 is 0 Å². The summed E-state index contributed by atoms with van der Waals surface area (Å²) in [5.41, 5.74) is 1.37. The zero-order chi connectivity index (χ0) is 31.0. The Labute approximate surface area is 259 Å². The van der Waals surface area contributed by atoms with Crippen LogP contribution in [0.2, 0.25) is 36.3 Å². The Hall–Kier alpha value is -1.26. The molecule has 0 aliphatic heterocycles. The second-order valence-corrected chi connectivity index (χ2v) is 22.1. The molecule has 5 atom stereocenters. The Morgan fingerprint density at radius 2 is 1.52 bits per heavy atom. The number of carboxylic acid groups (broad SMARTS) is 1. The largest absolute Gasteiger partial charge is 0.481 e. The first-order valence-electron chi connectivity index (χ1n) is 17.1. The van der Waals surface area contributed by atoms with Gasteiger partial charge in [0.2, 0.25) is 0 Å². The van der Waals surface area contributed by atoms with Crippen LogP contribution in [0.15, 0.2) is 42.5 Å². The van der Waals surface area contributed by atoms with Crippen molar-refractivity contribution in [2.75, 3.05) is 0 Å². The molecule has 1 aliphatic carbocycles. The molecule has 42 heavy (non-hydrogen) atoms. The molecule has 0 aromatic heterocycles. The average molecular weight is 619 g/mol. The maximum Gasteiger partial charge on any atom is 0.303 e. The van der Waals surface area contributed by atoms with Crippen molar-refractivity contribution in [2.45, 2.75) is 154 Å². The van der Waals surface area contributed by atoms with Crippen molar-refractivity contribution in [3.63, 3.8) is 0 Å². The first kappa shape index (κ1) is 36.9. The summed E-state index contributed by atoms with van der Waals surface area (Å²) in [6.45, 7) is 13.8. The molecule has 0 amide bonds. The minimum Gasteiger partial charge on any atom is -0.481 e. The van der Waals surface area contributed by atoms with Gasteiger partial charge < -0.3 is 19.1 Å². The Bertz CT molecular complexity index is 883. The van der Waals surface area contributed by atoms with Gasteiger partial charge in [0.25, 0.3) is 0 Å². The third-order valence-corrected chi connectivity index (χ3v) is 19.8. The molecule has 1 aromatic rings. The fraction of sp³-hybridized carbons (Fsp3) is 0.743. The molecule has 1 fully saturated rings. The van der Waals surface area contributed by atoms with Crippen molar-refractivity contribution >= 4 is 22.6 Å². The molecule has 0 bridgehead atoms. The second-order valence-electron chi connectivity index (χ2n) is 12.6. The molecule has 7 heteroatoms. The molecule has 5 nitrogen and oxygen atoms in total. The SMILES string of the molecule is CC[Si](CC)(CC)O[C@@H](CCc1ccccc1)CC[C@@H]1[C@@H](C/C=C\CCCC(=O)O)[C@@H](O)C[C@H]1O[Si](CC)(CC)CC. The Balaban J connectivity index is 2.24. The predicted molar refractivity (Wildman–Crippen MR) is 181 cm³/mol. The van der Waals surface area contributed by atoms with Crippen molar-refractivity contribution in [3.05, 3.63) is 48.0 Å². The van der Waals surface area contributed by atoms with E-state index in [4.69, 9.17) is 14.0 Å². The first-order chi connectivity index (χ1) is 20.2. The lowest BCUT2D eigenvalue weighted by Crippen LogP contribution is -2.42. The lowest BCUT2D eigenvalue weighted by Gasteiger charge is -2.37. The highest BCUT2D eigenvalue weighted by Crippen LogP contribution is 2.43. The zero-order valence-electron chi connectivity index (χ0n) is 27.7. The minimum absolute atomic E-state index is 0.109. The second kappa shape index (κ2) is 19.2. The molecule has 0 heterocycles. The van der Waals surface area contributed by atoms with Crippen molar-refractivity contribution in [1.29, 1.82) is 0 Å². The van der Waals surface area contributed by atoms with Crippen LogP contribution in [0.1, 0.15) is 98.5 Å². The lowest BCUT2D eigenvalue weighted by molar-refractivity contribution is -0.137. The number of rotatable bonds is 22. The van der Waals surface area contributed by atoms with Gasteiger partial charge in [-0.1, -0.05) is 84.0 Å². The molecule has 2 N–H and O–H groups in total. The topological polar surface area (TPSA) is 76.0 Å². The molecular formula is C35H62O5Si2. The summed E-state index contributed by atoms with van der Waals surface area (Å²) in [6, 6.07) is 17.6. The molecule has 0 spiro atoms. The van der Waals surface area contributed by atoms with Gasteiger partial charge in [-0.2, -0.15) is 0 Å². The van der Waals surface area contributed by atoms with Crippen molar-refractivity contribution in [2.24, 2.45) is 11.8 Å². The van der Waals surface area contributed by atoms with Crippen LogP contribution in [0, 0.1) is 11.8 Å². The van der Waals surface area contributed by atoms with Gasteiger partial charge in [-0.25, -0.2) is 0 Å². The number of carboxylic acids is 1. The van der Waals surface area contributed by atoms with Crippen molar-refractivity contribution < 1.29 is 23.9 Å². The number of carbonyl (C=O) groups is 1. The van der Waals surface area contributed by atoms with Crippen LogP contribution in [-0.4, -0.2) is 51.1 Å². The standard InChI is InChI=1S/C35H62O5Si2/c1-7-41(8-2,9-3)39-30(25-24-29-20-16-15-17-21-29)26-27-32-31(22-18-13-14-19-23-35(37)38)33(36)28-34(32)40-42(10-4,11-5)12-6/h13,15-18,20-21,30-34,36H,7-12,14,19,22-28H2,1-6H3,(H,37,38)/b18-13-/t30-,31+,32+,33-,34+/m0/s1. The number of aliphatic hydroxyl groups excluding tert-OH is 1. The van der Waals surface area contributed by atoms with Crippen molar-refractivity contribution in [3.8, 4) is 0 Å². The summed E-state index contributed by atoms with van der Waals surface area (Å²) in [7, 11) is -3.59. The van der Waals surface area contributed by atoms with E-state index in [9.17, 15) is 9.90 Å². The van der Waals surface area contributed by atoms with Crippen LogP contribution in [0.4, 0.5) is 0 Å². The molecular weight excluding hydrogens is 557 g/mol. The predicted octanol–water partition coefficient (Wildman–Crippen LogP) is 9.38. The van der Waals surface area contributed by atoms with Gasteiger partial charge >= 0.3 is 5.97 Å². The van der Waals surface area contributed by atoms with Crippen LogP contribution in [-0.2, 0) is 20.1 Å². The monoisotopic (exact) mass is 618 g/mol. The summed E-state index contributed by atoms with van der Waals surface area (Å²) >= 11 is 0. The van der Waals surface area contributed by atoms with Gasteiger partial charge in [0, 0.05) is 12.5 Å².